The smallest absolute Gasteiger partial charge is 0.143 e. The van der Waals surface area contributed by atoms with Gasteiger partial charge < -0.3 is 13.7 Å². The van der Waals surface area contributed by atoms with Crippen molar-refractivity contribution in [3.05, 3.63) is 200 Å². The van der Waals surface area contributed by atoms with E-state index in [-0.39, 0.29) is 0 Å². The third kappa shape index (κ3) is 5.06. The zero-order valence-electron chi connectivity index (χ0n) is 30.8. The van der Waals surface area contributed by atoms with Crippen LogP contribution in [0.1, 0.15) is 0 Å². The highest BCUT2D eigenvalue weighted by Gasteiger charge is 2.23. The van der Waals surface area contributed by atoms with E-state index in [4.69, 9.17) is 8.83 Å². The van der Waals surface area contributed by atoms with Gasteiger partial charge in [0.15, 0.2) is 0 Å². The van der Waals surface area contributed by atoms with Gasteiger partial charge in [0.1, 0.15) is 22.3 Å². The first-order chi connectivity index (χ1) is 28.2. The van der Waals surface area contributed by atoms with Crippen LogP contribution in [0.5, 0.6) is 0 Å². The molecule has 12 aromatic rings. The van der Waals surface area contributed by atoms with E-state index in [0.29, 0.717) is 0 Å². The molecule has 0 amide bonds. The van der Waals surface area contributed by atoms with Crippen LogP contribution in [0, 0.1) is 0 Å². The minimum atomic E-state index is 0.852. The topological polar surface area (TPSA) is 29.5 Å². The normalized spacial score (nSPS) is 11.9. The van der Waals surface area contributed by atoms with Gasteiger partial charge in [-0.05, 0) is 110 Å². The highest BCUT2D eigenvalue weighted by molar-refractivity contribution is 6.20. The second-order valence-electron chi connectivity index (χ2n) is 14.9. The molecular formula is C54H33NO2. The number of benzene rings is 10. The zero-order chi connectivity index (χ0) is 37.5. The van der Waals surface area contributed by atoms with Crippen LogP contribution in [-0.4, -0.2) is 0 Å². The monoisotopic (exact) mass is 727 g/mol. The van der Waals surface area contributed by atoms with Gasteiger partial charge in [0, 0.05) is 32.8 Å². The van der Waals surface area contributed by atoms with E-state index in [0.717, 1.165) is 88.4 Å². The van der Waals surface area contributed by atoms with Gasteiger partial charge >= 0.3 is 0 Å². The molecule has 2 aromatic heterocycles. The van der Waals surface area contributed by atoms with Crippen LogP contribution in [0.3, 0.4) is 0 Å². The predicted octanol–water partition coefficient (Wildman–Crippen LogP) is 15.7. The van der Waals surface area contributed by atoms with Crippen molar-refractivity contribution in [3.8, 4) is 22.3 Å². The molecule has 0 spiro atoms. The SMILES string of the molecule is c1cc(-c2ccc3ccccc3c2)cc(N(c2ccccc2-c2ccc3oc4cc5ccccc5cc4c3c2)c2cccc3oc4c5ccccc5ccc4c23)c1. The summed E-state index contributed by atoms with van der Waals surface area (Å²) in [5, 5.41) is 11.5. The molecule has 0 fully saturated rings. The van der Waals surface area contributed by atoms with Gasteiger partial charge in [-0.25, -0.2) is 0 Å². The first-order valence-corrected chi connectivity index (χ1v) is 19.4. The average Bonchev–Trinajstić information content (AvgIpc) is 3.84. The van der Waals surface area contributed by atoms with Crippen LogP contribution in [0.15, 0.2) is 209 Å². The van der Waals surface area contributed by atoms with Crippen LogP contribution < -0.4 is 4.90 Å². The molecule has 3 nitrogen and oxygen atoms in total. The molecular weight excluding hydrogens is 695 g/mol. The minimum absolute atomic E-state index is 0.852. The summed E-state index contributed by atoms with van der Waals surface area (Å²) in [7, 11) is 0. The number of furan rings is 2. The molecule has 0 aliphatic carbocycles. The Balaban J connectivity index is 1.11. The maximum atomic E-state index is 6.75. The Hall–Kier alpha value is -7.62. The standard InChI is InChI=1S/C54H33NO2/c1-2-13-36-29-40(24-23-34(36)11-1)37-16-9-17-42(30-37)55(49-21-10-22-51-53(49)45-27-25-35-12-5-6-19-44(35)54(45)57-51)48-20-8-7-18-43(48)41-26-28-50-46(32-41)47-31-38-14-3-4-15-39(38)33-52(47)56-50/h1-33H. The van der Waals surface area contributed by atoms with Crippen molar-refractivity contribution in [1.29, 1.82) is 0 Å². The number of rotatable bonds is 5. The molecule has 266 valence electrons. The Kier molecular flexibility index (Phi) is 6.93. The number of hydrogen-bond donors (Lipinski definition) is 0. The van der Waals surface area contributed by atoms with Gasteiger partial charge in [0.2, 0.25) is 0 Å². The number of hydrogen-bond acceptors (Lipinski definition) is 3. The molecule has 57 heavy (non-hydrogen) atoms. The van der Waals surface area contributed by atoms with Crippen molar-refractivity contribution >= 4 is 93.3 Å². The van der Waals surface area contributed by atoms with E-state index in [1.165, 1.54) is 27.1 Å². The summed E-state index contributed by atoms with van der Waals surface area (Å²) >= 11 is 0. The fourth-order valence-electron chi connectivity index (χ4n) is 8.87. The van der Waals surface area contributed by atoms with Crippen molar-refractivity contribution < 1.29 is 8.83 Å². The number of anilines is 3. The summed E-state index contributed by atoms with van der Waals surface area (Å²) in [6.45, 7) is 0. The number of nitrogens with zero attached hydrogens (tertiary/aromatic N) is 1. The molecule has 0 saturated carbocycles. The Morgan fingerprint density at radius 3 is 1.88 bits per heavy atom. The van der Waals surface area contributed by atoms with Gasteiger partial charge in [0.05, 0.1) is 16.8 Å². The first kappa shape index (κ1) is 31.7. The number of para-hydroxylation sites is 1. The molecule has 0 atom stereocenters. The third-order valence-electron chi connectivity index (χ3n) is 11.6. The van der Waals surface area contributed by atoms with E-state index in [1.54, 1.807) is 0 Å². The van der Waals surface area contributed by atoms with E-state index in [2.05, 4.69) is 205 Å². The van der Waals surface area contributed by atoms with Crippen molar-refractivity contribution in [2.75, 3.05) is 4.90 Å². The highest BCUT2D eigenvalue weighted by Crippen LogP contribution is 2.48. The molecule has 2 heterocycles. The predicted molar refractivity (Wildman–Crippen MR) is 239 cm³/mol. The summed E-state index contributed by atoms with van der Waals surface area (Å²) in [5.74, 6) is 0. The summed E-state index contributed by atoms with van der Waals surface area (Å²) < 4.78 is 13.2. The zero-order valence-corrected chi connectivity index (χ0v) is 30.8. The Morgan fingerprint density at radius 2 is 0.982 bits per heavy atom. The molecule has 12 rings (SSSR count). The minimum Gasteiger partial charge on any atom is -0.456 e. The fourth-order valence-corrected chi connectivity index (χ4v) is 8.87. The van der Waals surface area contributed by atoms with E-state index < -0.39 is 0 Å². The molecule has 0 unspecified atom stereocenters. The Morgan fingerprint density at radius 1 is 0.316 bits per heavy atom. The maximum absolute atomic E-state index is 6.75. The quantitative estimate of drug-likeness (QED) is 0.177. The summed E-state index contributed by atoms with van der Waals surface area (Å²) in [4.78, 5) is 2.41. The van der Waals surface area contributed by atoms with Crippen LogP contribution >= 0.6 is 0 Å². The van der Waals surface area contributed by atoms with Crippen LogP contribution in [0.4, 0.5) is 17.1 Å². The molecule has 10 aromatic carbocycles. The van der Waals surface area contributed by atoms with Crippen LogP contribution in [0.25, 0.3) is 98.4 Å². The summed E-state index contributed by atoms with van der Waals surface area (Å²) in [6.07, 6.45) is 0. The molecule has 0 aliphatic rings. The van der Waals surface area contributed by atoms with Crippen molar-refractivity contribution in [3.63, 3.8) is 0 Å². The molecule has 3 heteroatoms. The van der Waals surface area contributed by atoms with E-state index in [9.17, 15) is 0 Å². The van der Waals surface area contributed by atoms with Crippen LogP contribution in [0.2, 0.25) is 0 Å². The average molecular weight is 728 g/mol. The molecule has 0 N–H and O–H groups in total. The lowest BCUT2D eigenvalue weighted by Gasteiger charge is -2.29. The maximum Gasteiger partial charge on any atom is 0.143 e. The van der Waals surface area contributed by atoms with Gasteiger partial charge in [-0.2, -0.15) is 0 Å². The number of fused-ring (bicyclic) bond motifs is 10. The Bertz CT molecular complexity index is 3550. The van der Waals surface area contributed by atoms with Crippen molar-refractivity contribution in [1.82, 2.24) is 0 Å². The van der Waals surface area contributed by atoms with Gasteiger partial charge in [-0.15, -0.1) is 0 Å². The molecule has 0 radical (unpaired) electrons. The summed E-state index contributed by atoms with van der Waals surface area (Å²) in [6, 6.07) is 71.7. The van der Waals surface area contributed by atoms with E-state index >= 15 is 0 Å². The molecule has 0 saturated heterocycles. The lowest BCUT2D eigenvalue weighted by atomic mass is 9.97. The molecule has 0 aliphatic heterocycles. The van der Waals surface area contributed by atoms with Crippen molar-refractivity contribution in [2.45, 2.75) is 0 Å². The first-order valence-electron chi connectivity index (χ1n) is 19.4. The second kappa shape index (κ2) is 12.5. The molecule has 0 bridgehead atoms. The lowest BCUT2D eigenvalue weighted by molar-refractivity contribution is 0.669. The van der Waals surface area contributed by atoms with E-state index in [1.807, 2.05) is 0 Å². The van der Waals surface area contributed by atoms with Gasteiger partial charge in [-0.1, -0.05) is 133 Å². The van der Waals surface area contributed by atoms with Gasteiger partial charge in [-0.3, -0.25) is 0 Å². The largest absolute Gasteiger partial charge is 0.456 e. The fraction of sp³-hybridized carbons (Fsp3) is 0. The summed E-state index contributed by atoms with van der Waals surface area (Å²) in [5.41, 5.74) is 11.2. The second-order valence-corrected chi connectivity index (χ2v) is 14.9. The van der Waals surface area contributed by atoms with Crippen molar-refractivity contribution in [2.24, 2.45) is 0 Å². The highest BCUT2D eigenvalue weighted by atomic mass is 16.3. The van der Waals surface area contributed by atoms with Crippen LogP contribution in [-0.2, 0) is 0 Å². The third-order valence-corrected chi connectivity index (χ3v) is 11.6. The lowest BCUT2D eigenvalue weighted by Crippen LogP contribution is -2.11. The van der Waals surface area contributed by atoms with Gasteiger partial charge in [0.25, 0.3) is 0 Å². The Labute approximate surface area is 328 Å².